The van der Waals surface area contributed by atoms with Gasteiger partial charge in [0.2, 0.25) is 0 Å². The monoisotopic (exact) mass is 510 g/mol. The van der Waals surface area contributed by atoms with E-state index in [0.29, 0.717) is 12.5 Å². The van der Waals surface area contributed by atoms with Gasteiger partial charge >= 0.3 is 0 Å². The highest BCUT2D eigenvalue weighted by atomic mass is 16.6. The van der Waals surface area contributed by atoms with Crippen LogP contribution in [-0.4, -0.2) is 62.3 Å². The number of carbonyl (C=O) groups excluding carboxylic acids is 2. The van der Waals surface area contributed by atoms with Crippen LogP contribution in [0.2, 0.25) is 0 Å². The number of aryl methyl sites for hydroxylation is 1. The zero-order valence-electron chi connectivity index (χ0n) is 20.9. The van der Waals surface area contributed by atoms with Crippen LogP contribution >= 0.6 is 0 Å². The molecule has 1 fully saturated rings. The highest BCUT2D eigenvalue weighted by Gasteiger charge is 2.37. The molecule has 2 aliphatic rings. The van der Waals surface area contributed by atoms with Gasteiger partial charge in [-0.3, -0.25) is 29.5 Å². The van der Waals surface area contributed by atoms with Crippen LogP contribution in [0.3, 0.4) is 0 Å². The van der Waals surface area contributed by atoms with Crippen molar-refractivity contribution in [2.24, 2.45) is 0 Å². The molecule has 6 rings (SSSR count). The molecule has 38 heavy (non-hydrogen) atoms. The van der Waals surface area contributed by atoms with E-state index in [2.05, 4.69) is 45.6 Å². The van der Waals surface area contributed by atoms with E-state index in [9.17, 15) is 19.7 Å². The number of hydrogen-bond acceptors (Lipinski definition) is 7. The topological polar surface area (TPSA) is 105 Å². The normalized spacial score (nSPS) is 15.9. The predicted octanol–water partition coefficient (Wildman–Crippen LogP) is 3.83. The number of nitro benzene ring substituents is 1. The SMILES string of the molecule is Cc1ccc(N2CCN(Cn3c(CN4C(=O)c5ccc([N+](=O)[O-])cc5C4=O)nc4ccccc43)CC2)cc1. The fraction of sp³-hybridized carbons (Fsp3) is 0.250. The number of benzene rings is 3. The Morgan fingerprint density at radius 3 is 2.34 bits per heavy atom. The summed E-state index contributed by atoms with van der Waals surface area (Å²) in [4.78, 5) is 47.4. The number of non-ortho nitro benzene ring substituents is 1. The molecular weight excluding hydrogens is 484 g/mol. The number of nitro groups is 1. The average molecular weight is 511 g/mol. The van der Waals surface area contributed by atoms with Gasteiger partial charge in [-0.25, -0.2) is 4.98 Å². The first-order valence-corrected chi connectivity index (χ1v) is 12.5. The average Bonchev–Trinajstić information content (AvgIpc) is 3.39. The molecule has 0 radical (unpaired) electrons. The van der Waals surface area contributed by atoms with Crippen molar-refractivity contribution < 1.29 is 14.5 Å². The second-order valence-electron chi connectivity index (χ2n) is 9.71. The number of aromatic nitrogens is 2. The molecule has 3 heterocycles. The Morgan fingerprint density at radius 2 is 1.61 bits per heavy atom. The van der Waals surface area contributed by atoms with Gasteiger partial charge in [-0.15, -0.1) is 0 Å². The third-order valence-electron chi connectivity index (χ3n) is 7.31. The minimum Gasteiger partial charge on any atom is -0.369 e. The van der Waals surface area contributed by atoms with Gasteiger partial charge in [-0.1, -0.05) is 29.8 Å². The minimum absolute atomic E-state index is 0.0157. The maximum Gasteiger partial charge on any atom is 0.270 e. The van der Waals surface area contributed by atoms with Crippen LogP contribution in [0, 0.1) is 17.0 Å². The number of carbonyl (C=O) groups is 2. The first-order valence-electron chi connectivity index (χ1n) is 12.5. The first kappa shape index (κ1) is 23.8. The van der Waals surface area contributed by atoms with Crippen LogP contribution in [0.25, 0.3) is 11.0 Å². The van der Waals surface area contributed by atoms with E-state index in [-0.39, 0.29) is 23.4 Å². The molecule has 192 valence electrons. The predicted molar refractivity (Wildman–Crippen MR) is 142 cm³/mol. The Bertz CT molecular complexity index is 1570. The van der Waals surface area contributed by atoms with Crippen LogP contribution in [0.5, 0.6) is 0 Å². The van der Waals surface area contributed by atoms with Gasteiger partial charge in [0.15, 0.2) is 0 Å². The molecule has 3 aromatic carbocycles. The van der Waals surface area contributed by atoms with Gasteiger partial charge in [0.05, 0.1) is 40.3 Å². The lowest BCUT2D eigenvalue weighted by Crippen LogP contribution is -2.47. The summed E-state index contributed by atoms with van der Waals surface area (Å²) in [6.07, 6.45) is 0. The van der Waals surface area contributed by atoms with Gasteiger partial charge in [0, 0.05) is 44.0 Å². The molecule has 0 saturated carbocycles. The van der Waals surface area contributed by atoms with Crippen molar-refractivity contribution in [3.8, 4) is 0 Å². The van der Waals surface area contributed by atoms with E-state index in [4.69, 9.17) is 4.98 Å². The Balaban J connectivity index is 1.23. The summed E-state index contributed by atoms with van der Waals surface area (Å²) in [6, 6.07) is 20.1. The molecule has 2 amide bonds. The number of anilines is 1. The van der Waals surface area contributed by atoms with Crippen molar-refractivity contribution in [1.29, 1.82) is 0 Å². The first-order chi connectivity index (χ1) is 18.4. The Labute approximate surface area is 218 Å². The second-order valence-corrected chi connectivity index (χ2v) is 9.71. The van der Waals surface area contributed by atoms with Crippen molar-refractivity contribution in [2.75, 3.05) is 31.1 Å². The number of amides is 2. The summed E-state index contributed by atoms with van der Waals surface area (Å²) in [6.45, 7) is 6.14. The molecule has 0 N–H and O–H groups in total. The number of piperazine rings is 1. The van der Waals surface area contributed by atoms with Gasteiger partial charge in [0.1, 0.15) is 5.82 Å². The number of nitrogens with zero attached hydrogens (tertiary/aromatic N) is 6. The summed E-state index contributed by atoms with van der Waals surface area (Å²) >= 11 is 0. The van der Waals surface area contributed by atoms with E-state index in [1.54, 1.807) is 0 Å². The number of para-hydroxylation sites is 2. The zero-order chi connectivity index (χ0) is 26.4. The lowest BCUT2D eigenvalue weighted by Gasteiger charge is -2.36. The maximum absolute atomic E-state index is 13.1. The van der Waals surface area contributed by atoms with Gasteiger partial charge in [-0.2, -0.15) is 0 Å². The molecular formula is C28H26N6O4. The molecule has 0 atom stereocenters. The van der Waals surface area contributed by atoms with Crippen molar-refractivity contribution in [2.45, 2.75) is 20.1 Å². The number of fused-ring (bicyclic) bond motifs is 2. The van der Waals surface area contributed by atoms with Crippen molar-refractivity contribution >= 4 is 34.2 Å². The van der Waals surface area contributed by atoms with Crippen LogP contribution < -0.4 is 4.90 Å². The lowest BCUT2D eigenvalue weighted by molar-refractivity contribution is -0.384. The van der Waals surface area contributed by atoms with Gasteiger partial charge < -0.3 is 9.47 Å². The van der Waals surface area contributed by atoms with Gasteiger partial charge in [0.25, 0.3) is 17.5 Å². The Kier molecular flexibility index (Phi) is 5.88. The summed E-state index contributed by atoms with van der Waals surface area (Å²) < 4.78 is 2.06. The fourth-order valence-corrected chi connectivity index (χ4v) is 5.18. The Hall–Kier alpha value is -4.57. The summed E-state index contributed by atoms with van der Waals surface area (Å²) in [5.41, 5.74) is 4.18. The lowest BCUT2D eigenvalue weighted by atomic mass is 10.1. The zero-order valence-corrected chi connectivity index (χ0v) is 20.9. The largest absolute Gasteiger partial charge is 0.369 e. The molecule has 0 aliphatic carbocycles. The van der Waals surface area contributed by atoms with E-state index in [1.807, 2.05) is 24.3 Å². The smallest absolute Gasteiger partial charge is 0.270 e. The highest BCUT2D eigenvalue weighted by Crippen LogP contribution is 2.29. The van der Waals surface area contributed by atoms with Crippen LogP contribution in [0.1, 0.15) is 32.1 Å². The highest BCUT2D eigenvalue weighted by molar-refractivity contribution is 6.21. The van der Waals surface area contributed by atoms with Crippen LogP contribution in [-0.2, 0) is 13.2 Å². The number of rotatable bonds is 6. The standard InChI is InChI=1S/C28H26N6O4/c1-19-6-8-20(9-7-19)31-14-12-30(13-15-31)18-33-25-5-3-2-4-24(25)29-26(33)17-32-27(35)22-11-10-21(34(37)38)16-23(22)28(32)36/h2-11,16H,12-15,17-18H2,1H3. The van der Waals surface area contributed by atoms with Crippen molar-refractivity contribution in [3.05, 3.63) is 99.4 Å². The summed E-state index contributed by atoms with van der Waals surface area (Å²) in [5, 5.41) is 11.2. The third kappa shape index (κ3) is 4.18. The van der Waals surface area contributed by atoms with Crippen molar-refractivity contribution in [3.63, 3.8) is 0 Å². The molecule has 0 unspecified atom stereocenters. The molecule has 0 spiro atoms. The fourth-order valence-electron chi connectivity index (χ4n) is 5.18. The number of hydrogen-bond donors (Lipinski definition) is 0. The van der Waals surface area contributed by atoms with Crippen molar-refractivity contribution in [1.82, 2.24) is 19.4 Å². The van der Waals surface area contributed by atoms with E-state index < -0.39 is 16.7 Å². The van der Waals surface area contributed by atoms with Crippen LogP contribution in [0.4, 0.5) is 11.4 Å². The molecule has 1 aromatic heterocycles. The van der Waals surface area contributed by atoms with E-state index in [1.165, 1.54) is 29.4 Å². The summed E-state index contributed by atoms with van der Waals surface area (Å²) in [7, 11) is 0. The molecule has 10 nitrogen and oxygen atoms in total. The molecule has 10 heteroatoms. The quantitative estimate of drug-likeness (QED) is 0.221. The Morgan fingerprint density at radius 1 is 0.895 bits per heavy atom. The van der Waals surface area contributed by atoms with Gasteiger partial charge in [-0.05, 0) is 37.3 Å². The molecule has 2 aliphatic heterocycles. The van der Waals surface area contributed by atoms with E-state index >= 15 is 0 Å². The maximum atomic E-state index is 13.1. The molecule has 0 bridgehead atoms. The minimum atomic E-state index is -0.571. The van der Waals surface area contributed by atoms with E-state index in [0.717, 1.165) is 42.1 Å². The molecule has 4 aromatic rings. The summed E-state index contributed by atoms with van der Waals surface area (Å²) in [5.74, 6) is -0.416. The van der Waals surface area contributed by atoms with Crippen LogP contribution in [0.15, 0.2) is 66.7 Å². The number of imidazole rings is 1. The third-order valence-corrected chi connectivity index (χ3v) is 7.31. The number of imide groups is 1. The molecule has 1 saturated heterocycles. The second kappa shape index (κ2) is 9.38.